The van der Waals surface area contributed by atoms with E-state index in [-0.39, 0.29) is 62.4 Å². The normalized spacial score (nSPS) is 19.7. The molecule has 0 bridgehead atoms. The second kappa shape index (κ2) is 12.6. The molecule has 0 saturated carbocycles. The van der Waals surface area contributed by atoms with Crippen LogP contribution in [0, 0.1) is 11.6 Å². The average molecular weight is 584 g/mol. The number of piperazine rings is 1. The summed E-state index contributed by atoms with van der Waals surface area (Å²) in [4.78, 5) is 35.0. The molecule has 1 saturated heterocycles. The predicted octanol–water partition coefficient (Wildman–Crippen LogP) is 3.57. The van der Waals surface area contributed by atoms with Crippen LogP contribution in [0.25, 0.3) is 11.0 Å². The summed E-state index contributed by atoms with van der Waals surface area (Å²) >= 11 is 0. The van der Waals surface area contributed by atoms with E-state index in [1.165, 1.54) is 12.1 Å². The largest absolute Gasteiger partial charge is 0.480 e. The first-order valence-corrected chi connectivity index (χ1v) is 12.6. The smallest absolute Gasteiger partial charge is 0.317 e. The number of aliphatic carboxylic acids is 1. The Labute approximate surface area is 238 Å². The Kier molecular flexibility index (Phi) is 9.93. The molecule has 5 rings (SSSR count). The quantitative estimate of drug-likeness (QED) is 0.478. The topological polar surface area (TPSA) is 81.9 Å². The van der Waals surface area contributed by atoms with Crippen molar-refractivity contribution in [3.05, 3.63) is 65.0 Å². The average Bonchev–Trinajstić information content (AvgIpc) is 3.16. The van der Waals surface area contributed by atoms with Gasteiger partial charge in [-0.1, -0.05) is 6.07 Å². The van der Waals surface area contributed by atoms with Gasteiger partial charge in [0, 0.05) is 60.6 Å². The molecule has 12 heteroatoms. The van der Waals surface area contributed by atoms with Gasteiger partial charge in [-0.15, -0.1) is 24.8 Å². The number of pyridine rings is 1. The molecular formula is C27H33Cl2F2N5O3. The lowest BCUT2D eigenvalue weighted by Gasteiger charge is -2.44. The van der Waals surface area contributed by atoms with Crippen molar-refractivity contribution >= 4 is 47.7 Å². The monoisotopic (exact) mass is 583 g/mol. The minimum Gasteiger partial charge on any atom is -0.480 e. The highest BCUT2D eigenvalue weighted by atomic mass is 35.5. The number of carboxylic acid groups (broad SMARTS) is 1. The Morgan fingerprint density at radius 2 is 1.79 bits per heavy atom. The number of fused-ring (bicyclic) bond motifs is 3. The zero-order valence-corrected chi connectivity index (χ0v) is 23.5. The van der Waals surface area contributed by atoms with Crippen LogP contribution in [0.2, 0.25) is 0 Å². The fourth-order valence-electron chi connectivity index (χ4n) is 5.82. The predicted molar refractivity (Wildman–Crippen MR) is 149 cm³/mol. The van der Waals surface area contributed by atoms with Crippen LogP contribution in [-0.2, 0) is 29.1 Å². The molecule has 2 aliphatic heterocycles. The number of amides is 1. The first-order chi connectivity index (χ1) is 17.7. The summed E-state index contributed by atoms with van der Waals surface area (Å²) in [5, 5.41) is 10.2. The second-order valence-corrected chi connectivity index (χ2v) is 10.1. The van der Waals surface area contributed by atoms with Crippen molar-refractivity contribution in [2.45, 2.75) is 45.4 Å². The molecule has 2 aromatic heterocycles. The Morgan fingerprint density at radius 1 is 1.08 bits per heavy atom. The van der Waals surface area contributed by atoms with Gasteiger partial charge >= 0.3 is 5.97 Å². The highest BCUT2D eigenvalue weighted by molar-refractivity contribution is 5.86. The number of rotatable bonds is 6. The van der Waals surface area contributed by atoms with Crippen LogP contribution in [0.4, 0.5) is 8.78 Å². The van der Waals surface area contributed by atoms with Crippen molar-refractivity contribution in [1.29, 1.82) is 0 Å². The van der Waals surface area contributed by atoms with E-state index >= 15 is 0 Å². The van der Waals surface area contributed by atoms with Crippen molar-refractivity contribution in [2.75, 3.05) is 32.7 Å². The highest BCUT2D eigenvalue weighted by Gasteiger charge is 2.33. The van der Waals surface area contributed by atoms with Crippen molar-refractivity contribution in [2.24, 2.45) is 0 Å². The number of carbonyl (C=O) groups is 2. The second-order valence-electron chi connectivity index (χ2n) is 10.1. The van der Waals surface area contributed by atoms with Crippen LogP contribution >= 0.6 is 24.8 Å². The maximum Gasteiger partial charge on any atom is 0.317 e. The molecule has 8 nitrogen and oxygen atoms in total. The van der Waals surface area contributed by atoms with Gasteiger partial charge in [-0.05, 0) is 44.0 Å². The Morgan fingerprint density at radius 3 is 2.46 bits per heavy atom. The van der Waals surface area contributed by atoms with Gasteiger partial charge in [0.25, 0.3) is 0 Å². The number of carboxylic acids is 1. The van der Waals surface area contributed by atoms with Gasteiger partial charge in [0.2, 0.25) is 5.91 Å². The first kappa shape index (κ1) is 30.7. The molecule has 1 N–H and O–H groups in total. The van der Waals surface area contributed by atoms with E-state index < -0.39 is 17.6 Å². The molecule has 0 radical (unpaired) electrons. The van der Waals surface area contributed by atoms with E-state index in [9.17, 15) is 23.5 Å². The zero-order valence-electron chi connectivity index (χ0n) is 21.8. The summed E-state index contributed by atoms with van der Waals surface area (Å²) < 4.78 is 29.9. The number of hydrogen-bond donors (Lipinski definition) is 1. The minimum absolute atomic E-state index is 0. The molecule has 4 heterocycles. The lowest BCUT2D eigenvalue weighted by molar-refractivity contribution is -0.142. The number of hydrogen-bond acceptors (Lipinski definition) is 5. The highest BCUT2D eigenvalue weighted by Crippen LogP contribution is 2.31. The number of benzene rings is 1. The molecule has 212 valence electrons. The number of halogens is 4. The van der Waals surface area contributed by atoms with E-state index in [0.717, 1.165) is 28.4 Å². The van der Waals surface area contributed by atoms with Crippen LogP contribution in [0.15, 0.2) is 36.5 Å². The van der Waals surface area contributed by atoms with Crippen molar-refractivity contribution in [3.8, 4) is 0 Å². The van der Waals surface area contributed by atoms with E-state index in [2.05, 4.69) is 9.88 Å². The van der Waals surface area contributed by atoms with Crippen molar-refractivity contribution in [3.63, 3.8) is 0 Å². The summed E-state index contributed by atoms with van der Waals surface area (Å²) in [7, 11) is 0. The molecule has 1 aromatic carbocycles. The maximum atomic E-state index is 14.5. The molecule has 0 aliphatic carbocycles. The van der Waals surface area contributed by atoms with Crippen molar-refractivity contribution in [1.82, 2.24) is 24.3 Å². The van der Waals surface area contributed by atoms with Crippen LogP contribution in [0.3, 0.4) is 0 Å². The molecule has 39 heavy (non-hydrogen) atoms. The van der Waals surface area contributed by atoms with Gasteiger partial charge in [-0.25, -0.2) is 13.8 Å². The minimum atomic E-state index is -0.849. The Balaban J connectivity index is 0.00000210. The molecular weight excluding hydrogens is 551 g/mol. The van der Waals surface area contributed by atoms with Gasteiger partial charge in [0.05, 0.1) is 26.2 Å². The third-order valence-electron chi connectivity index (χ3n) is 7.56. The fourth-order valence-corrected chi connectivity index (χ4v) is 5.82. The summed E-state index contributed by atoms with van der Waals surface area (Å²) in [6.07, 6.45) is 2.36. The van der Waals surface area contributed by atoms with Crippen LogP contribution < -0.4 is 0 Å². The van der Waals surface area contributed by atoms with Crippen LogP contribution in [0.5, 0.6) is 0 Å². The summed E-state index contributed by atoms with van der Waals surface area (Å²) in [6.45, 7) is 6.63. The molecule has 2 atom stereocenters. The van der Waals surface area contributed by atoms with Gasteiger partial charge in [-0.2, -0.15) is 0 Å². The third-order valence-corrected chi connectivity index (χ3v) is 7.56. The van der Waals surface area contributed by atoms with Crippen LogP contribution in [-0.4, -0.2) is 86.0 Å². The van der Waals surface area contributed by atoms with E-state index in [1.54, 1.807) is 6.20 Å². The molecule has 0 spiro atoms. The first-order valence-electron chi connectivity index (χ1n) is 12.6. The Hall–Kier alpha value is -2.79. The molecule has 1 amide bonds. The van der Waals surface area contributed by atoms with Crippen molar-refractivity contribution < 1.29 is 23.5 Å². The van der Waals surface area contributed by atoms with E-state index in [4.69, 9.17) is 0 Å². The summed E-state index contributed by atoms with van der Waals surface area (Å²) in [5.74, 6) is -2.07. The summed E-state index contributed by atoms with van der Waals surface area (Å²) in [5.41, 5.74) is 3.12. The van der Waals surface area contributed by atoms with Gasteiger partial charge in [-0.3, -0.25) is 19.4 Å². The van der Waals surface area contributed by atoms with Gasteiger partial charge in [0.15, 0.2) is 0 Å². The molecule has 1 fully saturated rings. The molecule has 2 aliphatic rings. The third kappa shape index (κ3) is 6.35. The zero-order chi connectivity index (χ0) is 26.3. The summed E-state index contributed by atoms with van der Waals surface area (Å²) in [6, 6.07) is 7.50. The Bertz CT molecular complexity index is 1340. The lowest BCUT2D eigenvalue weighted by Crippen LogP contribution is -2.59. The standard InChI is InChI=1S/C27H31F2N5O3.2ClH/c1-17-11-31(12-18(2)33(17)16-26(36)37)15-25(35)32-9-7-21-22-4-3-8-30-27(22)34(24(21)14-32)13-19-5-6-20(28)10-23(19)29;;/h3-6,8,10,17-18H,7,9,11-16H2,1-2H3,(H,36,37);2*1H/t17-,18+;;. The number of aromatic nitrogens is 2. The lowest BCUT2D eigenvalue weighted by atomic mass is 10.0. The maximum absolute atomic E-state index is 14.5. The molecule has 3 aromatic rings. The molecule has 0 unspecified atom stereocenters. The van der Waals surface area contributed by atoms with E-state index in [0.29, 0.717) is 38.2 Å². The van der Waals surface area contributed by atoms with Crippen LogP contribution in [0.1, 0.15) is 30.7 Å². The van der Waals surface area contributed by atoms with Gasteiger partial charge in [0.1, 0.15) is 17.3 Å². The van der Waals surface area contributed by atoms with Gasteiger partial charge < -0.3 is 14.6 Å². The number of nitrogens with zero attached hydrogens (tertiary/aromatic N) is 5. The SMILES string of the molecule is C[C@@H]1CN(CC(=O)N2CCc3c(n(Cc4ccc(F)cc4F)c4ncccc34)C2)C[C@H](C)N1CC(=O)O.Cl.Cl. The van der Waals surface area contributed by atoms with E-state index in [1.807, 2.05) is 40.3 Å². The number of carbonyl (C=O) groups excluding carboxylic acids is 1. The fraction of sp³-hybridized carbons (Fsp3) is 0.444.